The molecule has 1 saturated heterocycles. The van der Waals surface area contributed by atoms with E-state index in [-0.39, 0.29) is 12.5 Å². The predicted molar refractivity (Wildman–Crippen MR) is 82.7 cm³/mol. The third-order valence-electron chi connectivity index (χ3n) is 4.11. The molecule has 1 atom stereocenters. The van der Waals surface area contributed by atoms with Gasteiger partial charge in [0.2, 0.25) is 5.95 Å². The number of aliphatic hydroxyl groups excluding tert-OH is 1. The molecule has 0 radical (unpaired) electrons. The number of rotatable bonds is 4. The van der Waals surface area contributed by atoms with Crippen molar-refractivity contribution in [3.63, 3.8) is 0 Å². The zero-order valence-electron chi connectivity index (χ0n) is 12.9. The Kier molecular flexibility index (Phi) is 4.19. The van der Waals surface area contributed by atoms with Crippen molar-refractivity contribution in [1.29, 1.82) is 0 Å². The molecule has 22 heavy (non-hydrogen) atoms. The van der Waals surface area contributed by atoms with E-state index < -0.39 is 0 Å². The molecule has 8 heteroatoms. The van der Waals surface area contributed by atoms with Crippen molar-refractivity contribution in [3.8, 4) is 0 Å². The molecule has 1 unspecified atom stereocenters. The molecule has 1 aliphatic heterocycles. The Morgan fingerprint density at radius 1 is 1.41 bits per heavy atom. The number of hydrogen-bond donors (Lipinski definition) is 2. The number of nitrogens with one attached hydrogen (secondary N) is 1. The van der Waals surface area contributed by atoms with Crippen LogP contribution in [-0.4, -0.2) is 50.0 Å². The number of nitrogens with zero attached hydrogens (tertiary/aromatic N) is 6. The highest BCUT2D eigenvalue weighted by atomic mass is 16.3. The second-order valence-corrected chi connectivity index (χ2v) is 5.47. The molecule has 118 valence electrons. The van der Waals surface area contributed by atoms with Crippen LogP contribution in [-0.2, 0) is 13.7 Å². The van der Waals surface area contributed by atoms with Crippen molar-refractivity contribution in [3.05, 3.63) is 23.9 Å². The summed E-state index contributed by atoms with van der Waals surface area (Å²) in [5, 5.41) is 20.6. The summed E-state index contributed by atoms with van der Waals surface area (Å²) in [5.74, 6) is 3.34. The molecule has 0 bridgehead atoms. The van der Waals surface area contributed by atoms with Crippen molar-refractivity contribution < 1.29 is 5.11 Å². The van der Waals surface area contributed by atoms with Gasteiger partial charge in [-0.1, -0.05) is 0 Å². The summed E-state index contributed by atoms with van der Waals surface area (Å²) in [6.07, 6.45) is 3.88. The zero-order valence-corrected chi connectivity index (χ0v) is 12.9. The minimum absolute atomic E-state index is 0.0900. The van der Waals surface area contributed by atoms with E-state index in [2.05, 4.69) is 30.4 Å². The third-order valence-corrected chi connectivity index (χ3v) is 4.11. The SMILES string of the molecule is CNc1ccnc(N2CCCC(c3nnc(CO)n3C)C2)n1. The van der Waals surface area contributed by atoms with Gasteiger partial charge in [-0.25, -0.2) is 4.98 Å². The lowest BCUT2D eigenvalue weighted by Gasteiger charge is -2.32. The first-order valence-electron chi connectivity index (χ1n) is 7.47. The van der Waals surface area contributed by atoms with Crippen LogP contribution in [0.1, 0.15) is 30.4 Å². The number of aromatic nitrogens is 5. The minimum Gasteiger partial charge on any atom is -0.388 e. The molecular weight excluding hydrogens is 282 g/mol. The van der Waals surface area contributed by atoms with Crippen LogP contribution in [0.2, 0.25) is 0 Å². The first-order valence-corrected chi connectivity index (χ1v) is 7.47. The summed E-state index contributed by atoms with van der Waals surface area (Å²) in [5.41, 5.74) is 0. The molecule has 3 heterocycles. The van der Waals surface area contributed by atoms with Crippen molar-refractivity contribution in [2.45, 2.75) is 25.4 Å². The van der Waals surface area contributed by atoms with Gasteiger partial charge in [0.1, 0.15) is 18.2 Å². The summed E-state index contributed by atoms with van der Waals surface area (Å²) in [4.78, 5) is 11.1. The van der Waals surface area contributed by atoms with Crippen LogP contribution in [0.4, 0.5) is 11.8 Å². The predicted octanol–water partition coefficient (Wildman–Crippen LogP) is 0.523. The van der Waals surface area contributed by atoms with E-state index in [0.29, 0.717) is 5.82 Å². The van der Waals surface area contributed by atoms with E-state index in [4.69, 9.17) is 0 Å². The number of aliphatic hydroxyl groups is 1. The molecule has 8 nitrogen and oxygen atoms in total. The highest BCUT2D eigenvalue weighted by molar-refractivity contribution is 5.41. The summed E-state index contributed by atoms with van der Waals surface area (Å²) in [6, 6.07) is 1.85. The molecule has 1 aliphatic rings. The average molecular weight is 303 g/mol. The summed E-state index contributed by atoms with van der Waals surface area (Å²) in [7, 11) is 3.75. The fourth-order valence-electron chi connectivity index (χ4n) is 2.88. The fraction of sp³-hybridized carbons (Fsp3) is 0.571. The van der Waals surface area contributed by atoms with E-state index in [9.17, 15) is 5.11 Å². The van der Waals surface area contributed by atoms with Gasteiger partial charge in [-0.05, 0) is 18.9 Å². The summed E-state index contributed by atoms with van der Waals surface area (Å²) >= 11 is 0. The molecule has 1 fully saturated rings. The molecule has 0 aliphatic carbocycles. The van der Waals surface area contributed by atoms with Crippen LogP contribution in [0.25, 0.3) is 0 Å². The van der Waals surface area contributed by atoms with Crippen LogP contribution in [0.5, 0.6) is 0 Å². The lowest BCUT2D eigenvalue weighted by molar-refractivity contribution is 0.266. The molecule has 0 saturated carbocycles. The van der Waals surface area contributed by atoms with E-state index in [1.165, 1.54) is 0 Å². The third kappa shape index (κ3) is 2.74. The smallest absolute Gasteiger partial charge is 0.227 e. The largest absolute Gasteiger partial charge is 0.388 e. The van der Waals surface area contributed by atoms with Crippen LogP contribution in [0.15, 0.2) is 12.3 Å². The minimum atomic E-state index is -0.0900. The van der Waals surface area contributed by atoms with Gasteiger partial charge in [0.25, 0.3) is 0 Å². The normalized spacial score (nSPS) is 18.5. The Hall–Kier alpha value is -2.22. The van der Waals surface area contributed by atoms with Gasteiger partial charge >= 0.3 is 0 Å². The van der Waals surface area contributed by atoms with Gasteiger partial charge in [0, 0.05) is 39.3 Å². The number of piperidine rings is 1. The Balaban J connectivity index is 1.80. The van der Waals surface area contributed by atoms with E-state index in [1.54, 1.807) is 6.20 Å². The standard InChI is InChI=1S/C14H21N7O/c1-15-11-5-6-16-14(17-11)21-7-3-4-10(8-21)13-19-18-12(9-22)20(13)2/h5-6,10,22H,3-4,7-9H2,1-2H3,(H,15,16,17). The molecule has 3 rings (SSSR count). The maximum absolute atomic E-state index is 9.26. The first-order chi connectivity index (χ1) is 10.7. The van der Waals surface area contributed by atoms with Crippen LogP contribution >= 0.6 is 0 Å². The highest BCUT2D eigenvalue weighted by Gasteiger charge is 2.27. The number of anilines is 2. The second kappa shape index (κ2) is 6.27. The summed E-state index contributed by atoms with van der Waals surface area (Å²) < 4.78 is 1.89. The Labute approximate surface area is 129 Å². The van der Waals surface area contributed by atoms with Gasteiger partial charge in [-0.3, -0.25) is 0 Å². The second-order valence-electron chi connectivity index (χ2n) is 5.47. The van der Waals surface area contributed by atoms with E-state index in [0.717, 1.165) is 43.5 Å². The van der Waals surface area contributed by atoms with Gasteiger partial charge in [0.05, 0.1) is 0 Å². The Bertz CT molecular complexity index is 642. The lowest BCUT2D eigenvalue weighted by atomic mass is 9.97. The molecule has 0 spiro atoms. The van der Waals surface area contributed by atoms with Crippen LogP contribution < -0.4 is 10.2 Å². The zero-order chi connectivity index (χ0) is 15.5. The number of hydrogen-bond acceptors (Lipinski definition) is 7. The van der Waals surface area contributed by atoms with Gasteiger partial charge in [-0.15, -0.1) is 10.2 Å². The van der Waals surface area contributed by atoms with Crippen LogP contribution in [0.3, 0.4) is 0 Å². The highest BCUT2D eigenvalue weighted by Crippen LogP contribution is 2.27. The lowest BCUT2D eigenvalue weighted by Crippen LogP contribution is -2.36. The first kappa shape index (κ1) is 14.7. The van der Waals surface area contributed by atoms with Crippen molar-refractivity contribution >= 4 is 11.8 Å². The van der Waals surface area contributed by atoms with E-state index >= 15 is 0 Å². The van der Waals surface area contributed by atoms with Crippen molar-refractivity contribution in [2.75, 3.05) is 30.4 Å². The van der Waals surface area contributed by atoms with Gasteiger partial charge < -0.3 is 19.9 Å². The van der Waals surface area contributed by atoms with E-state index in [1.807, 2.05) is 24.7 Å². The Morgan fingerprint density at radius 3 is 3.00 bits per heavy atom. The fourth-order valence-corrected chi connectivity index (χ4v) is 2.88. The maximum atomic E-state index is 9.26. The molecule has 0 aromatic carbocycles. The van der Waals surface area contributed by atoms with Crippen LogP contribution in [0, 0.1) is 0 Å². The molecule has 2 N–H and O–H groups in total. The molecule has 2 aromatic rings. The average Bonchev–Trinajstić information content (AvgIpc) is 2.95. The Morgan fingerprint density at radius 2 is 2.27 bits per heavy atom. The molecular formula is C14H21N7O. The molecule has 2 aromatic heterocycles. The monoisotopic (exact) mass is 303 g/mol. The van der Waals surface area contributed by atoms with Gasteiger partial charge in [0.15, 0.2) is 5.82 Å². The molecule has 0 amide bonds. The van der Waals surface area contributed by atoms with Gasteiger partial charge in [-0.2, -0.15) is 4.98 Å². The summed E-state index contributed by atoms with van der Waals surface area (Å²) in [6.45, 7) is 1.66. The van der Waals surface area contributed by atoms with Crippen molar-refractivity contribution in [1.82, 2.24) is 24.7 Å². The topological polar surface area (TPSA) is 92.0 Å². The van der Waals surface area contributed by atoms with Crippen molar-refractivity contribution in [2.24, 2.45) is 7.05 Å². The maximum Gasteiger partial charge on any atom is 0.227 e. The quantitative estimate of drug-likeness (QED) is 0.851.